The number of carbonyl (C=O) groups is 1. The summed E-state index contributed by atoms with van der Waals surface area (Å²) in [5, 5.41) is 0. The van der Waals surface area contributed by atoms with Gasteiger partial charge in [-0.05, 0) is 6.42 Å². The van der Waals surface area contributed by atoms with Crippen molar-refractivity contribution >= 4 is 22.1 Å². The van der Waals surface area contributed by atoms with Crippen molar-refractivity contribution in [3.8, 4) is 0 Å². The fourth-order valence-corrected chi connectivity index (χ4v) is 2.19. The lowest BCUT2D eigenvalue weighted by molar-refractivity contribution is -0.856. The van der Waals surface area contributed by atoms with Crippen LogP contribution in [0, 0.1) is 0 Å². The van der Waals surface area contributed by atoms with E-state index in [1.165, 1.54) is 0 Å². The monoisotopic (exact) mass is 277 g/mol. The Morgan fingerprint density at radius 1 is 1.60 bits per heavy atom. The first-order valence-corrected chi connectivity index (χ1v) is 5.83. The van der Waals surface area contributed by atoms with Gasteiger partial charge in [0.2, 0.25) is 0 Å². The lowest BCUT2D eigenvalue weighted by Crippen LogP contribution is -2.51. The van der Waals surface area contributed by atoms with Crippen molar-refractivity contribution in [1.29, 1.82) is 0 Å². The van der Waals surface area contributed by atoms with Crippen LogP contribution in [0.2, 0.25) is 0 Å². The molecule has 1 aliphatic rings. The van der Waals surface area contributed by atoms with E-state index < -0.39 is 0 Å². The number of nitrogens with zero attached hydrogens (tertiary/aromatic N) is 2. The molecule has 0 radical (unpaired) electrons. The third-order valence-electron chi connectivity index (χ3n) is 2.41. The molecular formula is C10H18BrN2O2+. The SMILES string of the molecule is CCCCOC(=O)C1N(Br)C=C[N+]1(C)C. The van der Waals surface area contributed by atoms with Gasteiger partial charge in [-0.25, -0.2) is 8.72 Å². The Morgan fingerprint density at radius 2 is 2.27 bits per heavy atom. The summed E-state index contributed by atoms with van der Waals surface area (Å²) >= 11 is 3.32. The van der Waals surface area contributed by atoms with Crippen molar-refractivity contribution in [1.82, 2.24) is 3.93 Å². The lowest BCUT2D eigenvalue weighted by atomic mass is 10.3. The number of quaternary nitrogens is 1. The van der Waals surface area contributed by atoms with E-state index in [9.17, 15) is 4.79 Å². The molecule has 4 nitrogen and oxygen atoms in total. The van der Waals surface area contributed by atoms with Crippen molar-refractivity contribution in [3.05, 3.63) is 12.4 Å². The molecule has 0 spiro atoms. The Labute approximate surface area is 99.4 Å². The second-order valence-corrected chi connectivity index (χ2v) is 4.99. The average Bonchev–Trinajstić information content (AvgIpc) is 2.41. The number of hydrogen-bond donors (Lipinski definition) is 0. The largest absolute Gasteiger partial charge is 0.460 e. The summed E-state index contributed by atoms with van der Waals surface area (Å²) in [5.74, 6) is -0.185. The van der Waals surface area contributed by atoms with Gasteiger partial charge in [-0.1, -0.05) is 13.3 Å². The van der Waals surface area contributed by atoms with Gasteiger partial charge in [0.15, 0.2) is 0 Å². The molecule has 0 saturated heterocycles. The van der Waals surface area contributed by atoms with Gasteiger partial charge in [-0.15, -0.1) is 0 Å². The number of carbonyl (C=O) groups excluding carboxylic acids is 1. The van der Waals surface area contributed by atoms with Crippen molar-refractivity contribution < 1.29 is 14.0 Å². The molecule has 1 atom stereocenters. The molecule has 0 amide bonds. The first-order valence-electron chi connectivity index (χ1n) is 5.12. The lowest BCUT2D eigenvalue weighted by Gasteiger charge is -2.29. The van der Waals surface area contributed by atoms with Gasteiger partial charge < -0.3 is 4.74 Å². The van der Waals surface area contributed by atoms with Gasteiger partial charge in [0.25, 0.3) is 6.17 Å². The van der Waals surface area contributed by atoms with E-state index in [4.69, 9.17) is 4.74 Å². The molecule has 0 aliphatic carbocycles. The Balaban J connectivity index is 2.52. The van der Waals surface area contributed by atoms with Crippen LogP contribution in [0.5, 0.6) is 0 Å². The predicted octanol–water partition coefficient (Wildman–Crippen LogP) is 1.83. The zero-order valence-electron chi connectivity index (χ0n) is 9.44. The van der Waals surface area contributed by atoms with Gasteiger partial charge in [-0.3, -0.25) is 4.48 Å². The predicted molar refractivity (Wildman–Crippen MR) is 61.7 cm³/mol. The van der Waals surface area contributed by atoms with Gasteiger partial charge >= 0.3 is 5.97 Å². The van der Waals surface area contributed by atoms with Gasteiger partial charge in [0.1, 0.15) is 6.20 Å². The van der Waals surface area contributed by atoms with Crippen LogP contribution in [0.4, 0.5) is 0 Å². The number of esters is 1. The van der Waals surface area contributed by atoms with Crippen LogP contribution in [0.25, 0.3) is 0 Å². The van der Waals surface area contributed by atoms with E-state index in [0.29, 0.717) is 11.1 Å². The van der Waals surface area contributed by atoms with E-state index in [1.54, 1.807) is 3.93 Å². The zero-order valence-corrected chi connectivity index (χ0v) is 11.0. The Morgan fingerprint density at radius 3 is 2.73 bits per heavy atom. The fourth-order valence-electron chi connectivity index (χ4n) is 1.45. The Bertz CT molecular complexity index is 266. The third kappa shape index (κ3) is 2.95. The van der Waals surface area contributed by atoms with Crippen LogP contribution >= 0.6 is 16.1 Å². The zero-order chi connectivity index (χ0) is 11.5. The highest BCUT2D eigenvalue weighted by molar-refractivity contribution is 9.07. The Hall–Kier alpha value is -0.550. The number of unbranched alkanes of at least 4 members (excludes halogenated alkanes) is 1. The maximum absolute atomic E-state index is 11.8. The molecular weight excluding hydrogens is 260 g/mol. The summed E-state index contributed by atoms with van der Waals surface area (Å²) in [4.78, 5) is 11.8. The van der Waals surface area contributed by atoms with E-state index in [0.717, 1.165) is 12.8 Å². The molecule has 1 unspecified atom stereocenters. The summed E-state index contributed by atoms with van der Waals surface area (Å²) in [5.41, 5.74) is 0. The molecule has 1 aliphatic heterocycles. The number of halogens is 1. The molecule has 5 heteroatoms. The fraction of sp³-hybridized carbons (Fsp3) is 0.700. The van der Waals surface area contributed by atoms with E-state index in [-0.39, 0.29) is 12.1 Å². The van der Waals surface area contributed by atoms with Crippen LogP contribution in [-0.2, 0) is 9.53 Å². The minimum atomic E-state index is -0.318. The normalized spacial score (nSPS) is 23.2. The van der Waals surface area contributed by atoms with Crippen molar-refractivity contribution in [2.24, 2.45) is 0 Å². The number of ether oxygens (including phenoxy) is 1. The number of rotatable bonds is 4. The average molecular weight is 278 g/mol. The highest BCUT2D eigenvalue weighted by Gasteiger charge is 2.42. The molecule has 0 saturated carbocycles. The molecule has 1 rings (SSSR count). The van der Waals surface area contributed by atoms with Crippen LogP contribution < -0.4 is 0 Å². The summed E-state index contributed by atoms with van der Waals surface area (Å²) in [6.45, 7) is 2.58. The van der Waals surface area contributed by atoms with Crippen molar-refractivity contribution in [3.63, 3.8) is 0 Å². The summed E-state index contributed by atoms with van der Waals surface area (Å²) in [6, 6.07) is 0. The van der Waals surface area contributed by atoms with Crippen LogP contribution in [-0.4, -0.2) is 41.2 Å². The number of likely N-dealkylation sites (N-methyl/N-ethyl adjacent to an activating group) is 1. The van der Waals surface area contributed by atoms with Crippen molar-refractivity contribution in [2.45, 2.75) is 25.9 Å². The summed E-state index contributed by atoms with van der Waals surface area (Å²) < 4.78 is 7.40. The van der Waals surface area contributed by atoms with E-state index in [1.807, 2.05) is 26.5 Å². The molecule has 0 aromatic carbocycles. The smallest absolute Gasteiger partial charge is 0.389 e. The minimum absolute atomic E-state index is 0.185. The minimum Gasteiger partial charge on any atom is -0.460 e. The van der Waals surface area contributed by atoms with E-state index in [2.05, 4.69) is 23.1 Å². The van der Waals surface area contributed by atoms with Crippen LogP contribution in [0.15, 0.2) is 12.4 Å². The van der Waals surface area contributed by atoms with Crippen molar-refractivity contribution in [2.75, 3.05) is 20.7 Å². The molecule has 1 heterocycles. The standard InChI is InChI=1S/C10H18BrN2O2/c1-4-5-8-15-10(14)9-12(11)6-7-13(9,2)3/h6-7,9H,4-5,8H2,1-3H3/q+1. The maximum Gasteiger partial charge on any atom is 0.389 e. The Kier molecular flexibility index (Phi) is 4.16. The first-order chi connectivity index (χ1) is 6.99. The van der Waals surface area contributed by atoms with Gasteiger partial charge in [-0.2, -0.15) is 0 Å². The van der Waals surface area contributed by atoms with Crippen LogP contribution in [0.1, 0.15) is 19.8 Å². The summed E-state index contributed by atoms with van der Waals surface area (Å²) in [6.07, 6.45) is 5.42. The molecule has 86 valence electrons. The molecule has 0 N–H and O–H groups in total. The molecule has 0 bridgehead atoms. The highest BCUT2D eigenvalue weighted by atomic mass is 79.9. The summed E-state index contributed by atoms with van der Waals surface area (Å²) in [7, 11) is 3.92. The molecule has 15 heavy (non-hydrogen) atoms. The van der Waals surface area contributed by atoms with E-state index >= 15 is 0 Å². The molecule has 0 aromatic rings. The molecule has 0 fully saturated rings. The van der Waals surface area contributed by atoms with Gasteiger partial charge in [0, 0.05) is 0 Å². The molecule has 0 aromatic heterocycles. The third-order valence-corrected chi connectivity index (χ3v) is 3.03. The number of hydrogen-bond acceptors (Lipinski definition) is 3. The van der Waals surface area contributed by atoms with Gasteiger partial charge in [0.05, 0.1) is 43.0 Å². The second kappa shape index (κ2) is 4.99. The maximum atomic E-state index is 11.8. The first kappa shape index (κ1) is 12.5. The quantitative estimate of drug-likeness (QED) is 0.340. The highest BCUT2D eigenvalue weighted by Crippen LogP contribution is 2.25. The topological polar surface area (TPSA) is 29.5 Å². The van der Waals surface area contributed by atoms with Crippen LogP contribution in [0.3, 0.4) is 0 Å². The second-order valence-electron chi connectivity index (χ2n) is 4.17.